The molecule has 0 saturated carbocycles. The van der Waals surface area contributed by atoms with Crippen molar-refractivity contribution >= 4 is 75.4 Å². The second kappa shape index (κ2) is 12.6. The van der Waals surface area contributed by atoms with E-state index in [1.54, 1.807) is 0 Å². The molecule has 0 aliphatic rings. The first-order valence-electron chi connectivity index (χ1n) is 18.9. The molecular weight excluding hydrogens is 719 g/mol. The minimum absolute atomic E-state index is 0.589. The topological polar surface area (TPSA) is 65.0 Å². The summed E-state index contributed by atoms with van der Waals surface area (Å²) in [5.74, 6) is 1.82. The molecule has 12 rings (SSSR count). The lowest BCUT2D eigenvalue weighted by molar-refractivity contribution is 0.669. The molecule has 0 saturated heterocycles. The largest absolute Gasteiger partial charge is 0.455 e. The zero-order valence-corrected chi connectivity index (χ0v) is 31.1. The van der Waals surface area contributed by atoms with E-state index in [2.05, 4.69) is 91.0 Å². The minimum Gasteiger partial charge on any atom is -0.455 e. The Bertz CT molecular complexity index is 3470. The molecule has 0 radical (unpaired) electrons. The predicted molar refractivity (Wildman–Crippen MR) is 234 cm³/mol. The Morgan fingerprint density at radius 2 is 0.930 bits per heavy atom. The summed E-state index contributed by atoms with van der Waals surface area (Å²) in [7, 11) is 0. The van der Waals surface area contributed by atoms with Crippen molar-refractivity contribution in [1.29, 1.82) is 0 Å². The van der Waals surface area contributed by atoms with Crippen LogP contribution in [0.3, 0.4) is 0 Å². The molecule has 0 N–H and O–H groups in total. The quantitative estimate of drug-likeness (QED) is 0.175. The smallest absolute Gasteiger partial charge is 0.164 e. The number of fused-ring (bicyclic) bond motifs is 9. The van der Waals surface area contributed by atoms with Crippen LogP contribution in [0.15, 0.2) is 185 Å². The summed E-state index contributed by atoms with van der Waals surface area (Å²) in [4.78, 5) is 15.1. The molecule has 0 bridgehead atoms. The number of rotatable bonds is 5. The van der Waals surface area contributed by atoms with E-state index in [4.69, 9.17) is 23.8 Å². The summed E-state index contributed by atoms with van der Waals surface area (Å²) in [6.07, 6.45) is 0. The molecule has 4 heterocycles. The molecule has 12 aromatic rings. The fourth-order valence-corrected chi connectivity index (χ4v) is 9.43. The highest BCUT2D eigenvalue weighted by atomic mass is 32.1. The van der Waals surface area contributed by atoms with Gasteiger partial charge in [0.15, 0.2) is 17.5 Å². The van der Waals surface area contributed by atoms with Crippen molar-refractivity contribution in [2.45, 2.75) is 0 Å². The highest BCUT2D eigenvalue weighted by Gasteiger charge is 2.22. The maximum absolute atomic E-state index is 6.85. The van der Waals surface area contributed by atoms with Gasteiger partial charge >= 0.3 is 0 Å². The molecule has 6 heteroatoms. The first kappa shape index (κ1) is 31.9. The lowest BCUT2D eigenvalue weighted by Crippen LogP contribution is -2.00. The summed E-state index contributed by atoms with van der Waals surface area (Å²) in [6, 6.07) is 60.8. The van der Waals surface area contributed by atoms with Gasteiger partial charge in [-0.1, -0.05) is 140 Å². The first-order chi connectivity index (χ1) is 28.2. The highest BCUT2D eigenvalue weighted by molar-refractivity contribution is 7.25. The summed E-state index contributed by atoms with van der Waals surface area (Å²) in [6.45, 7) is 0. The Kier molecular flexibility index (Phi) is 7.03. The predicted octanol–water partition coefficient (Wildman–Crippen LogP) is 14.4. The number of benzene rings is 8. The number of hydrogen-bond donors (Lipinski definition) is 0. The van der Waals surface area contributed by atoms with Gasteiger partial charge in [0.25, 0.3) is 0 Å². The fraction of sp³-hybridized carbons (Fsp3) is 0. The van der Waals surface area contributed by atoms with Crippen molar-refractivity contribution in [2.75, 3.05) is 0 Å². The molecular formula is C51H29N3O2S. The molecule has 4 aromatic heterocycles. The van der Waals surface area contributed by atoms with Crippen molar-refractivity contribution in [2.24, 2.45) is 0 Å². The van der Waals surface area contributed by atoms with E-state index in [-0.39, 0.29) is 0 Å². The van der Waals surface area contributed by atoms with E-state index in [0.717, 1.165) is 82.8 Å². The van der Waals surface area contributed by atoms with Gasteiger partial charge in [-0.2, -0.15) is 0 Å². The maximum Gasteiger partial charge on any atom is 0.164 e. The van der Waals surface area contributed by atoms with Crippen molar-refractivity contribution in [3.05, 3.63) is 176 Å². The fourth-order valence-electron chi connectivity index (χ4n) is 8.28. The third-order valence-corrected chi connectivity index (χ3v) is 12.1. The second-order valence-corrected chi connectivity index (χ2v) is 15.4. The molecule has 0 amide bonds. The van der Waals surface area contributed by atoms with Crippen LogP contribution in [0.4, 0.5) is 0 Å². The lowest BCUT2D eigenvalue weighted by atomic mass is 9.94. The Morgan fingerprint density at radius 1 is 0.333 bits per heavy atom. The molecule has 0 fully saturated rings. The van der Waals surface area contributed by atoms with Gasteiger partial charge in [-0.05, 0) is 47.5 Å². The van der Waals surface area contributed by atoms with E-state index in [9.17, 15) is 0 Å². The van der Waals surface area contributed by atoms with Crippen molar-refractivity contribution in [3.63, 3.8) is 0 Å². The number of furan rings is 2. The van der Waals surface area contributed by atoms with Gasteiger partial charge < -0.3 is 8.83 Å². The molecule has 57 heavy (non-hydrogen) atoms. The zero-order valence-electron chi connectivity index (χ0n) is 30.3. The highest BCUT2D eigenvalue weighted by Crippen LogP contribution is 2.45. The van der Waals surface area contributed by atoms with Crippen LogP contribution < -0.4 is 0 Å². The van der Waals surface area contributed by atoms with Gasteiger partial charge in [-0.3, -0.25) is 0 Å². The van der Waals surface area contributed by atoms with Crippen LogP contribution in [-0.2, 0) is 0 Å². The Labute approximate surface area is 330 Å². The Hall–Kier alpha value is -7.41. The number of nitrogens with zero attached hydrogens (tertiary/aromatic N) is 3. The SMILES string of the molecule is c1ccc(-c2nc(-c3ccccc3)nc(-c3cccc4oc5c(-c6cc(-c7ccc8c(c7)sc7ccccc78)c7oc8ccccc8c7c6)cccc5c34)n2)cc1. The summed E-state index contributed by atoms with van der Waals surface area (Å²) in [5.41, 5.74) is 10.2. The van der Waals surface area contributed by atoms with Crippen LogP contribution in [0.2, 0.25) is 0 Å². The third-order valence-electron chi connectivity index (χ3n) is 10.9. The summed E-state index contributed by atoms with van der Waals surface area (Å²) >= 11 is 1.82. The van der Waals surface area contributed by atoms with Crippen molar-refractivity contribution in [1.82, 2.24) is 15.0 Å². The molecule has 266 valence electrons. The average Bonchev–Trinajstić information content (AvgIpc) is 3.97. The van der Waals surface area contributed by atoms with Gasteiger partial charge in [0.2, 0.25) is 0 Å². The van der Waals surface area contributed by atoms with Gasteiger partial charge in [0.1, 0.15) is 22.3 Å². The number of thiophene rings is 1. The van der Waals surface area contributed by atoms with Crippen molar-refractivity contribution in [3.8, 4) is 56.4 Å². The molecule has 0 aliphatic heterocycles. The van der Waals surface area contributed by atoms with Gasteiger partial charge in [-0.15, -0.1) is 11.3 Å². The van der Waals surface area contributed by atoms with Gasteiger partial charge in [-0.25, -0.2) is 15.0 Å². The van der Waals surface area contributed by atoms with Crippen LogP contribution in [0.5, 0.6) is 0 Å². The average molecular weight is 748 g/mol. The zero-order chi connectivity index (χ0) is 37.5. The van der Waals surface area contributed by atoms with E-state index < -0.39 is 0 Å². The summed E-state index contributed by atoms with van der Waals surface area (Å²) in [5, 5.41) is 6.65. The molecule has 8 aromatic carbocycles. The standard InChI is InChI=1S/C51H29N3O2S/c1-3-13-30(14-4-1)49-52-50(31-15-5-2-6-16-31)54-51(53-49)39-21-12-23-43-46(39)38-20-11-19-34(47(38)56-43)33-27-40(48-41(28-33)35-17-7-9-22-42(35)55-48)32-25-26-37-36-18-8-10-24-44(36)57-45(37)29-32/h1-29H. The van der Waals surface area contributed by atoms with Crippen LogP contribution in [0, 0.1) is 0 Å². The number of para-hydroxylation sites is 2. The van der Waals surface area contributed by atoms with Crippen LogP contribution >= 0.6 is 11.3 Å². The summed E-state index contributed by atoms with van der Waals surface area (Å²) < 4.78 is 16.0. The molecule has 5 nitrogen and oxygen atoms in total. The van der Waals surface area contributed by atoms with Crippen LogP contribution in [0.1, 0.15) is 0 Å². The second-order valence-electron chi connectivity index (χ2n) is 14.3. The van der Waals surface area contributed by atoms with E-state index in [0.29, 0.717) is 17.5 Å². The Balaban J connectivity index is 1.08. The van der Waals surface area contributed by atoms with E-state index >= 15 is 0 Å². The Morgan fingerprint density at radius 3 is 1.74 bits per heavy atom. The molecule has 0 atom stereocenters. The van der Waals surface area contributed by atoms with Gasteiger partial charge in [0.05, 0.1) is 0 Å². The van der Waals surface area contributed by atoms with E-state index in [1.165, 1.54) is 20.2 Å². The molecule has 0 unspecified atom stereocenters. The number of aromatic nitrogens is 3. The monoisotopic (exact) mass is 747 g/mol. The third kappa shape index (κ3) is 5.12. The van der Waals surface area contributed by atoms with Crippen LogP contribution in [-0.4, -0.2) is 15.0 Å². The molecule has 0 aliphatic carbocycles. The minimum atomic E-state index is 0.589. The van der Waals surface area contributed by atoms with E-state index in [1.807, 2.05) is 96.3 Å². The normalized spacial score (nSPS) is 11.9. The van der Waals surface area contributed by atoms with Gasteiger partial charge in [0, 0.05) is 69.5 Å². The first-order valence-corrected chi connectivity index (χ1v) is 19.7. The number of hydrogen-bond acceptors (Lipinski definition) is 6. The maximum atomic E-state index is 6.85. The molecule has 0 spiro atoms. The van der Waals surface area contributed by atoms with Crippen molar-refractivity contribution < 1.29 is 8.83 Å². The lowest BCUT2D eigenvalue weighted by Gasteiger charge is -2.10. The van der Waals surface area contributed by atoms with Crippen LogP contribution in [0.25, 0.3) is 120 Å².